The molecule has 1 fully saturated rings. The standard InChI is InChI=1S/C13H17BrN2O/c1-9-4-3-5-16(8-9)13(17)12-6-11(14)7-15-10(12)2/h6-7,9H,3-5,8H2,1-2H3. The molecule has 1 saturated heterocycles. The topological polar surface area (TPSA) is 33.2 Å². The third-order valence-corrected chi connectivity index (χ3v) is 3.66. The van der Waals surface area contributed by atoms with Crippen LogP contribution in [-0.4, -0.2) is 28.9 Å². The summed E-state index contributed by atoms with van der Waals surface area (Å²) in [5, 5.41) is 0. The van der Waals surface area contributed by atoms with Gasteiger partial charge in [-0.05, 0) is 47.7 Å². The molecular weight excluding hydrogens is 280 g/mol. The molecule has 0 aliphatic carbocycles. The smallest absolute Gasteiger partial charge is 0.255 e. The second-order valence-electron chi connectivity index (χ2n) is 4.79. The Balaban J connectivity index is 2.21. The molecule has 1 amide bonds. The van der Waals surface area contributed by atoms with Gasteiger partial charge in [-0.25, -0.2) is 0 Å². The molecule has 4 heteroatoms. The van der Waals surface area contributed by atoms with Crippen molar-refractivity contribution in [2.75, 3.05) is 13.1 Å². The van der Waals surface area contributed by atoms with Crippen LogP contribution in [0.25, 0.3) is 0 Å². The number of halogens is 1. The molecular formula is C13H17BrN2O. The van der Waals surface area contributed by atoms with Crippen LogP contribution in [-0.2, 0) is 0 Å². The number of likely N-dealkylation sites (tertiary alicyclic amines) is 1. The van der Waals surface area contributed by atoms with Gasteiger partial charge in [0.25, 0.3) is 5.91 Å². The SMILES string of the molecule is Cc1ncc(Br)cc1C(=O)N1CCCC(C)C1. The van der Waals surface area contributed by atoms with E-state index in [-0.39, 0.29) is 5.91 Å². The van der Waals surface area contributed by atoms with E-state index in [9.17, 15) is 4.79 Å². The van der Waals surface area contributed by atoms with Crippen molar-refractivity contribution in [1.29, 1.82) is 0 Å². The number of carbonyl (C=O) groups is 1. The van der Waals surface area contributed by atoms with Crippen LogP contribution in [0.5, 0.6) is 0 Å². The average Bonchev–Trinajstić information content (AvgIpc) is 2.31. The molecule has 1 atom stereocenters. The van der Waals surface area contributed by atoms with Gasteiger partial charge in [-0.3, -0.25) is 9.78 Å². The molecule has 3 nitrogen and oxygen atoms in total. The fraction of sp³-hybridized carbons (Fsp3) is 0.538. The van der Waals surface area contributed by atoms with Gasteiger partial charge in [-0.1, -0.05) is 6.92 Å². The van der Waals surface area contributed by atoms with E-state index in [1.54, 1.807) is 6.20 Å². The molecule has 1 aliphatic rings. The Hall–Kier alpha value is -0.900. The number of piperidine rings is 1. The maximum Gasteiger partial charge on any atom is 0.255 e. The van der Waals surface area contributed by atoms with Crippen LogP contribution < -0.4 is 0 Å². The van der Waals surface area contributed by atoms with E-state index in [0.717, 1.165) is 29.7 Å². The van der Waals surface area contributed by atoms with Crippen molar-refractivity contribution in [3.8, 4) is 0 Å². The number of pyridine rings is 1. The van der Waals surface area contributed by atoms with Crippen LogP contribution >= 0.6 is 15.9 Å². The first-order valence-electron chi connectivity index (χ1n) is 5.99. The zero-order valence-corrected chi connectivity index (χ0v) is 11.8. The highest BCUT2D eigenvalue weighted by atomic mass is 79.9. The van der Waals surface area contributed by atoms with Gasteiger partial charge in [-0.15, -0.1) is 0 Å². The van der Waals surface area contributed by atoms with E-state index in [1.165, 1.54) is 6.42 Å². The number of amides is 1. The molecule has 2 rings (SSSR count). The third-order valence-electron chi connectivity index (χ3n) is 3.23. The maximum atomic E-state index is 12.4. The van der Waals surface area contributed by atoms with Crippen LogP contribution in [0.2, 0.25) is 0 Å². The van der Waals surface area contributed by atoms with Crippen molar-refractivity contribution in [2.45, 2.75) is 26.7 Å². The Morgan fingerprint density at radius 3 is 3.06 bits per heavy atom. The minimum absolute atomic E-state index is 0.114. The van der Waals surface area contributed by atoms with E-state index in [0.29, 0.717) is 11.5 Å². The largest absolute Gasteiger partial charge is 0.338 e. The Morgan fingerprint density at radius 1 is 1.59 bits per heavy atom. The number of carbonyl (C=O) groups excluding carboxylic acids is 1. The van der Waals surface area contributed by atoms with Crippen molar-refractivity contribution in [3.05, 3.63) is 28.0 Å². The molecule has 1 aromatic heterocycles. The Kier molecular flexibility index (Phi) is 3.82. The molecule has 1 aromatic rings. The predicted molar refractivity (Wildman–Crippen MR) is 71.0 cm³/mol. The van der Waals surface area contributed by atoms with Crippen LogP contribution in [0.15, 0.2) is 16.7 Å². The summed E-state index contributed by atoms with van der Waals surface area (Å²) in [7, 11) is 0. The highest BCUT2D eigenvalue weighted by Gasteiger charge is 2.23. The van der Waals surface area contributed by atoms with Gasteiger partial charge >= 0.3 is 0 Å². The second kappa shape index (κ2) is 5.17. The van der Waals surface area contributed by atoms with Gasteiger partial charge in [-0.2, -0.15) is 0 Å². The lowest BCUT2D eigenvalue weighted by molar-refractivity contribution is 0.0681. The average molecular weight is 297 g/mol. The number of rotatable bonds is 1. The summed E-state index contributed by atoms with van der Waals surface area (Å²) < 4.78 is 0.858. The monoisotopic (exact) mass is 296 g/mol. The normalized spacial score (nSPS) is 20.4. The van der Waals surface area contributed by atoms with Crippen molar-refractivity contribution >= 4 is 21.8 Å². The summed E-state index contributed by atoms with van der Waals surface area (Å²) in [6.07, 6.45) is 4.05. The number of aromatic nitrogens is 1. The molecule has 92 valence electrons. The minimum Gasteiger partial charge on any atom is -0.338 e. The van der Waals surface area contributed by atoms with Crippen LogP contribution in [0.4, 0.5) is 0 Å². The predicted octanol–water partition coefficient (Wildman–Crippen LogP) is 3.02. The molecule has 0 N–H and O–H groups in total. The van der Waals surface area contributed by atoms with Gasteiger partial charge in [0.1, 0.15) is 0 Å². The molecule has 0 saturated carbocycles. The van der Waals surface area contributed by atoms with Gasteiger partial charge in [0, 0.05) is 23.8 Å². The van der Waals surface area contributed by atoms with Crippen molar-refractivity contribution < 1.29 is 4.79 Å². The molecule has 1 aliphatic heterocycles. The number of hydrogen-bond donors (Lipinski definition) is 0. The third kappa shape index (κ3) is 2.86. The van der Waals surface area contributed by atoms with Crippen molar-refractivity contribution in [2.24, 2.45) is 5.92 Å². The molecule has 2 heterocycles. The van der Waals surface area contributed by atoms with Gasteiger partial charge in [0.2, 0.25) is 0 Å². The number of aryl methyl sites for hydroxylation is 1. The Morgan fingerprint density at radius 2 is 2.35 bits per heavy atom. The summed E-state index contributed by atoms with van der Waals surface area (Å²) in [6.45, 7) is 5.82. The highest BCUT2D eigenvalue weighted by molar-refractivity contribution is 9.10. The molecule has 1 unspecified atom stereocenters. The van der Waals surface area contributed by atoms with E-state index in [1.807, 2.05) is 17.9 Å². The first-order valence-corrected chi connectivity index (χ1v) is 6.78. The Bertz CT molecular complexity index is 433. The van der Waals surface area contributed by atoms with E-state index in [2.05, 4.69) is 27.8 Å². The fourth-order valence-electron chi connectivity index (χ4n) is 2.27. The van der Waals surface area contributed by atoms with Crippen LogP contribution in [0.3, 0.4) is 0 Å². The minimum atomic E-state index is 0.114. The van der Waals surface area contributed by atoms with Crippen LogP contribution in [0, 0.1) is 12.8 Å². The maximum absolute atomic E-state index is 12.4. The van der Waals surface area contributed by atoms with Gasteiger partial charge in [0.05, 0.1) is 11.3 Å². The van der Waals surface area contributed by atoms with Gasteiger partial charge < -0.3 is 4.90 Å². The first kappa shape index (κ1) is 12.6. The summed E-state index contributed by atoms with van der Waals surface area (Å²) in [4.78, 5) is 18.6. The number of nitrogens with zero attached hydrogens (tertiary/aromatic N) is 2. The van der Waals surface area contributed by atoms with E-state index < -0.39 is 0 Å². The zero-order valence-electron chi connectivity index (χ0n) is 10.2. The summed E-state index contributed by atoms with van der Waals surface area (Å²) in [5.41, 5.74) is 1.52. The molecule has 17 heavy (non-hydrogen) atoms. The molecule has 0 aromatic carbocycles. The van der Waals surface area contributed by atoms with Crippen LogP contribution in [0.1, 0.15) is 35.8 Å². The lowest BCUT2D eigenvalue weighted by atomic mass is 9.99. The first-order chi connectivity index (χ1) is 8.08. The summed E-state index contributed by atoms with van der Waals surface area (Å²) in [5.74, 6) is 0.718. The van der Waals surface area contributed by atoms with E-state index >= 15 is 0 Å². The zero-order chi connectivity index (χ0) is 12.4. The van der Waals surface area contributed by atoms with Crippen molar-refractivity contribution in [3.63, 3.8) is 0 Å². The summed E-state index contributed by atoms with van der Waals surface area (Å²) >= 11 is 3.37. The summed E-state index contributed by atoms with van der Waals surface area (Å²) in [6, 6.07) is 1.87. The second-order valence-corrected chi connectivity index (χ2v) is 5.70. The molecule has 0 radical (unpaired) electrons. The van der Waals surface area contributed by atoms with Crippen molar-refractivity contribution in [1.82, 2.24) is 9.88 Å². The number of hydrogen-bond acceptors (Lipinski definition) is 2. The quantitative estimate of drug-likeness (QED) is 0.798. The molecule has 0 spiro atoms. The molecule has 0 bridgehead atoms. The lowest BCUT2D eigenvalue weighted by Gasteiger charge is -2.31. The van der Waals surface area contributed by atoms with Gasteiger partial charge in [0.15, 0.2) is 0 Å². The lowest BCUT2D eigenvalue weighted by Crippen LogP contribution is -2.39. The fourth-order valence-corrected chi connectivity index (χ4v) is 2.60. The van der Waals surface area contributed by atoms with E-state index in [4.69, 9.17) is 0 Å². The Labute approximate surface area is 110 Å². The highest BCUT2D eigenvalue weighted by Crippen LogP contribution is 2.20.